The molecular weight excluding hydrogens is 325 g/mol. The van der Waals surface area contributed by atoms with E-state index in [0.717, 1.165) is 5.56 Å². The van der Waals surface area contributed by atoms with Crippen LogP contribution in [0, 0.1) is 11.8 Å². The summed E-state index contributed by atoms with van der Waals surface area (Å²) in [5.41, 5.74) is 1.54. The molecule has 1 aromatic rings. The number of carbonyl (C=O) groups is 2. The third-order valence-corrected chi connectivity index (χ3v) is 4.17. The van der Waals surface area contributed by atoms with Gasteiger partial charge in [0.25, 0.3) is 0 Å². The molecule has 0 spiro atoms. The summed E-state index contributed by atoms with van der Waals surface area (Å²) < 4.78 is 38.8. The molecule has 1 amide bonds. The zero-order valence-electron chi connectivity index (χ0n) is 13.1. The van der Waals surface area contributed by atoms with Crippen molar-refractivity contribution in [3.63, 3.8) is 0 Å². The number of nitrogens with zero attached hydrogens (tertiary/aromatic N) is 1. The van der Waals surface area contributed by atoms with Crippen molar-refractivity contribution in [2.75, 3.05) is 25.0 Å². The summed E-state index contributed by atoms with van der Waals surface area (Å²) in [7, 11) is 0. The van der Waals surface area contributed by atoms with Crippen molar-refractivity contribution in [3.05, 3.63) is 29.8 Å². The topological polar surface area (TPSA) is 69.6 Å². The number of nitrogens with one attached hydrogen (secondary N) is 1. The Balaban J connectivity index is 2.01. The van der Waals surface area contributed by atoms with E-state index < -0.39 is 36.4 Å². The van der Waals surface area contributed by atoms with Gasteiger partial charge in [0, 0.05) is 18.8 Å². The minimum atomic E-state index is -4.59. The first kappa shape index (κ1) is 18.3. The first-order valence-electron chi connectivity index (χ1n) is 7.62. The van der Waals surface area contributed by atoms with Gasteiger partial charge in [0.15, 0.2) is 0 Å². The molecule has 0 radical (unpaired) electrons. The number of halogens is 3. The van der Waals surface area contributed by atoms with Gasteiger partial charge in [-0.2, -0.15) is 13.2 Å². The van der Waals surface area contributed by atoms with Crippen LogP contribution in [-0.2, 0) is 16.0 Å². The average Bonchev–Trinajstić information content (AvgIpc) is 2.92. The number of rotatable bonds is 5. The van der Waals surface area contributed by atoms with Crippen LogP contribution >= 0.6 is 0 Å². The van der Waals surface area contributed by atoms with Crippen LogP contribution in [0.5, 0.6) is 0 Å². The van der Waals surface area contributed by atoms with Gasteiger partial charge in [0.05, 0.1) is 18.4 Å². The summed E-state index contributed by atoms with van der Waals surface area (Å²) in [4.78, 5) is 24.4. The number of aliphatic carboxylic acids is 1. The third kappa shape index (κ3) is 4.25. The van der Waals surface area contributed by atoms with Crippen LogP contribution in [0.3, 0.4) is 0 Å². The van der Waals surface area contributed by atoms with E-state index in [1.807, 2.05) is 19.1 Å². The van der Waals surface area contributed by atoms with Gasteiger partial charge in [0.2, 0.25) is 5.91 Å². The lowest BCUT2D eigenvalue weighted by Gasteiger charge is -2.18. The molecule has 1 aliphatic heterocycles. The van der Waals surface area contributed by atoms with Gasteiger partial charge in [-0.1, -0.05) is 25.1 Å². The molecule has 132 valence electrons. The molecule has 2 rings (SSSR count). The van der Waals surface area contributed by atoms with Crippen LogP contribution in [-0.4, -0.2) is 47.7 Å². The molecule has 5 nitrogen and oxygen atoms in total. The molecule has 1 aromatic carbocycles. The first-order valence-corrected chi connectivity index (χ1v) is 7.62. The van der Waals surface area contributed by atoms with Gasteiger partial charge < -0.3 is 10.4 Å². The maximum atomic E-state index is 12.9. The second-order valence-corrected chi connectivity index (χ2v) is 5.85. The van der Waals surface area contributed by atoms with Crippen LogP contribution in [0.15, 0.2) is 24.3 Å². The van der Waals surface area contributed by atoms with E-state index in [1.54, 1.807) is 12.1 Å². The van der Waals surface area contributed by atoms with E-state index in [2.05, 4.69) is 5.32 Å². The first-order chi connectivity index (χ1) is 11.2. The predicted octanol–water partition coefficient (Wildman–Crippen LogP) is 2.38. The molecule has 1 aliphatic rings. The number of amides is 1. The maximum absolute atomic E-state index is 12.9. The second-order valence-electron chi connectivity index (χ2n) is 5.85. The lowest BCUT2D eigenvalue weighted by atomic mass is 9.96. The summed E-state index contributed by atoms with van der Waals surface area (Å²) in [6, 6.07) is 7.16. The maximum Gasteiger partial charge on any atom is 0.393 e. The van der Waals surface area contributed by atoms with E-state index in [9.17, 15) is 22.8 Å². The number of hydrogen-bond donors (Lipinski definition) is 2. The monoisotopic (exact) mass is 344 g/mol. The summed E-state index contributed by atoms with van der Waals surface area (Å²) in [6.45, 7) is 0.886. The van der Waals surface area contributed by atoms with Gasteiger partial charge in [-0.3, -0.25) is 14.5 Å². The van der Waals surface area contributed by atoms with Crippen molar-refractivity contribution >= 4 is 17.6 Å². The fourth-order valence-corrected chi connectivity index (χ4v) is 2.94. The van der Waals surface area contributed by atoms with Crippen LogP contribution in [0.2, 0.25) is 0 Å². The molecule has 0 bridgehead atoms. The molecule has 24 heavy (non-hydrogen) atoms. The highest BCUT2D eigenvalue weighted by Crippen LogP contribution is 2.37. The van der Waals surface area contributed by atoms with Crippen LogP contribution in [0.4, 0.5) is 18.9 Å². The van der Waals surface area contributed by atoms with E-state index >= 15 is 0 Å². The number of aryl methyl sites for hydroxylation is 1. The Morgan fingerprint density at radius 1 is 1.29 bits per heavy atom. The minimum absolute atomic E-state index is 0.269. The van der Waals surface area contributed by atoms with Gasteiger partial charge in [-0.25, -0.2) is 0 Å². The fourth-order valence-electron chi connectivity index (χ4n) is 2.94. The second kappa shape index (κ2) is 7.21. The number of para-hydroxylation sites is 1. The van der Waals surface area contributed by atoms with Crippen molar-refractivity contribution in [2.45, 2.75) is 19.5 Å². The van der Waals surface area contributed by atoms with Crippen molar-refractivity contribution in [1.29, 1.82) is 0 Å². The molecule has 1 fully saturated rings. The Kier molecular flexibility index (Phi) is 5.48. The van der Waals surface area contributed by atoms with Gasteiger partial charge >= 0.3 is 12.1 Å². The normalized spacial score (nSPS) is 21.7. The summed E-state index contributed by atoms with van der Waals surface area (Å²) in [5.74, 6) is -5.44. The molecule has 0 aromatic heterocycles. The Morgan fingerprint density at radius 2 is 1.96 bits per heavy atom. The van der Waals surface area contributed by atoms with Gasteiger partial charge in [0.1, 0.15) is 0 Å². The number of anilines is 1. The lowest BCUT2D eigenvalue weighted by Crippen LogP contribution is -2.34. The number of carboxylic acids is 1. The molecule has 0 saturated carbocycles. The van der Waals surface area contributed by atoms with E-state index in [1.165, 1.54) is 4.90 Å². The summed E-state index contributed by atoms with van der Waals surface area (Å²) in [5, 5.41) is 11.7. The van der Waals surface area contributed by atoms with Crippen molar-refractivity contribution in [1.82, 2.24) is 4.90 Å². The average molecular weight is 344 g/mol. The molecule has 1 saturated heterocycles. The van der Waals surface area contributed by atoms with E-state index in [-0.39, 0.29) is 13.1 Å². The Labute approximate surface area is 137 Å². The largest absolute Gasteiger partial charge is 0.481 e. The molecular formula is C16H19F3N2O3. The minimum Gasteiger partial charge on any atom is -0.481 e. The number of benzene rings is 1. The highest BCUT2D eigenvalue weighted by molar-refractivity contribution is 5.93. The van der Waals surface area contributed by atoms with Crippen molar-refractivity contribution < 1.29 is 27.9 Å². The zero-order valence-corrected chi connectivity index (χ0v) is 13.1. The van der Waals surface area contributed by atoms with Gasteiger partial charge in [-0.05, 0) is 18.1 Å². The fraction of sp³-hybridized carbons (Fsp3) is 0.500. The number of carboxylic acid groups (broad SMARTS) is 1. The van der Waals surface area contributed by atoms with Crippen LogP contribution in [0.1, 0.15) is 12.5 Å². The Hall–Kier alpha value is -2.09. The molecule has 1 heterocycles. The molecule has 8 heteroatoms. The standard InChI is InChI=1S/C16H19F3N2O3/c1-2-10-5-3-4-6-13(10)20-14(22)9-21-7-11(15(23)24)12(8-21)16(17,18)19/h3-6,11-12H,2,7-9H2,1H3,(H,20,22)(H,23,24)/t11-,12-/m1/s1. The van der Waals surface area contributed by atoms with Gasteiger partial charge in [-0.15, -0.1) is 0 Å². The SMILES string of the molecule is CCc1ccccc1NC(=O)CN1C[C@@H](C(F)(F)F)[C@H](C(=O)O)C1. The zero-order chi connectivity index (χ0) is 17.9. The predicted molar refractivity (Wildman–Crippen MR) is 81.6 cm³/mol. The Morgan fingerprint density at radius 3 is 2.50 bits per heavy atom. The lowest BCUT2D eigenvalue weighted by molar-refractivity contribution is -0.188. The molecule has 0 aliphatic carbocycles. The summed E-state index contributed by atoms with van der Waals surface area (Å²) in [6.07, 6.45) is -3.89. The number of carbonyl (C=O) groups excluding carboxylic acids is 1. The van der Waals surface area contributed by atoms with Crippen molar-refractivity contribution in [2.24, 2.45) is 11.8 Å². The molecule has 2 N–H and O–H groups in total. The van der Waals surface area contributed by atoms with Crippen LogP contribution in [0.25, 0.3) is 0 Å². The number of likely N-dealkylation sites (tertiary alicyclic amines) is 1. The van der Waals surface area contributed by atoms with E-state index in [0.29, 0.717) is 12.1 Å². The Bertz CT molecular complexity index is 619. The number of hydrogen-bond acceptors (Lipinski definition) is 3. The smallest absolute Gasteiger partial charge is 0.393 e. The quantitative estimate of drug-likeness (QED) is 0.860. The number of alkyl halides is 3. The summed E-state index contributed by atoms with van der Waals surface area (Å²) >= 11 is 0. The highest BCUT2D eigenvalue weighted by Gasteiger charge is 2.52. The van der Waals surface area contributed by atoms with Crippen molar-refractivity contribution in [3.8, 4) is 0 Å². The third-order valence-electron chi connectivity index (χ3n) is 4.17. The van der Waals surface area contributed by atoms with E-state index in [4.69, 9.17) is 5.11 Å². The van der Waals surface area contributed by atoms with Crippen LogP contribution < -0.4 is 5.32 Å². The molecule has 0 unspecified atom stereocenters. The highest BCUT2D eigenvalue weighted by atomic mass is 19.4. The molecule has 2 atom stereocenters.